The molecule has 0 saturated carbocycles. The average Bonchev–Trinajstić information content (AvgIpc) is 2.56. The fraction of sp³-hybridized carbons (Fsp3) is 0.688. The van der Waals surface area contributed by atoms with Gasteiger partial charge >= 0.3 is 0 Å². The van der Waals surface area contributed by atoms with Crippen molar-refractivity contribution >= 4 is 11.7 Å². The number of nitrogens with zero attached hydrogens (tertiary/aromatic N) is 4. The van der Waals surface area contributed by atoms with Crippen molar-refractivity contribution in [1.82, 2.24) is 14.9 Å². The average molecular weight is 304 g/mol. The van der Waals surface area contributed by atoms with Gasteiger partial charge in [-0.2, -0.15) is 0 Å². The Morgan fingerprint density at radius 2 is 1.95 bits per heavy atom. The first-order valence-corrected chi connectivity index (χ1v) is 8.14. The number of piperidine rings is 2. The zero-order chi connectivity index (χ0) is 15.5. The van der Waals surface area contributed by atoms with Gasteiger partial charge in [-0.25, -0.2) is 4.98 Å². The van der Waals surface area contributed by atoms with Gasteiger partial charge in [0.1, 0.15) is 5.82 Å². The van der Waals surface area contributed by atoms with E-state index in [0.29, 0.717) is 5.92 Å². The molecule has 3 heterocycles. The van der Waals surface area contributed by atoms with Crippen molar-refractivity contribution in [2.75, 3.05) is 31.1 Å². The van der Waals surface area contributed by atoms with Crippen molar-refractivity contribution in [1.29, 1.82) is 0 Å². The number of hydrogen-bond acceptors (Lipinski definition) is 5. The number of aromatic nitrogens is 2. The van der Waals surface area contributed by atoms with Crippen LogP contribution in [-0.4, -0.2) is 58.2 Å². The lowest BCUT2D eigenvalue weighted by Crippen LogP contribution is -2.38. The molecule has 1 unspecified atom stereocenters. The molecule has 1 aromatic heterocycles. The van der Waals surface area contributed by atoms with E-state index >= 15 is 0 Å². The molecule has 0 spiro atoms. The zero-order valence-electron chi connectivity index (χ0n) is 13.1. The second-order valence-electron chi connectivity index (χ2n) is 6.32. The standard InChI is InChI=1S/C16H24N4O2/c1-12(21)20-6-2-3-13(11-20)15-9-18-16(10-17-15)19-7-4-14(22)5-8-19/h9-10,13-14,22H,2-8,11H2,1H3. The number of likely N-dealkylation sites (tertiary alicyclic amines) is 1. The monoisotopic (exact) mass is 304 g/mol. The summed E-state index contributed by atoms with van der Waals surface area (Å²) in [6.07, 6.45) is 7.18. The summed E-state index contributed by atoms with van der Waals surface area (Å²) in [5.74, 6) is 1.32. The molecule has 120 valence electrons. The van der Waals surface area contributed by atoms with Crippen molar-refractivity contribution < 1.29 is 9.90 Å². The minimum Gasteiger partial charge on any atom is -0.393 e. The predicted octanol–water partition coefficient (Wildman–Crippen LogP) is 1.16. The van der Waals surface area contributed by atoms with Crippen LogP contribution in [0.25, 0.3) is 0 Å². The first-order chi connectivity index (χ1) is 10.6. The molecular weight excluding hydrogens is 280 g/mol. The van der Waals surface area contributed by atoms with Crippen molar-refractivity contribution in [3.63, 3.8) is 0 Å². The summed E-state index contributed by atoms with van der Waals surface area (Å²) in [4.78, 5) is 24.7. The molecule has 2 aliphatic heterocycles. The van der Waals surface area contributed by atoms with Gasteiger partial charge in [-0.05, 0) is 25.7 Å². The Labute approximate surface area is 131 Å². The van der Waals surface area contributed by atoms with E-state index < -0.39 is 0 Å². The molecule has 6 heteroatoms. The van der Waals surface area contributed by atoms with Crippen LogP contribution < -0.4 is 4.90 Å². The summed E-state index contributed by atoms with van der Waals surface area (Å²) in [5, 5.41) is 9.56. The number of anilines is 1. The van der Waals surface area contributed by atoms with Crippen molar-refractivity contribution in [3.05, 3.63) is 18.1 Å². The van der Waals surface area contributed by atoms with Crippen LogP contribution in [-0.2, 0) is 4.79 Å². The van der Waals surface area contributed by atoms with Crippen LogP contribution in [0.2, 0.25) is 0 Å². The molecular formula is C16H24N4O2. The van der Waals surface area contributed by atoms with Crippen LogP contribution in [0.5, 0.6) is 0 Å². The lowest BCUT2D eigenvalue weighted by molar-refractivity contribution is -0.130. The molecule has 0 aliphatic carbocycles. The third-order valence-electron chi connectivity index (χ3n) is 4.73. The van der Waals surface area contributed by atoms with Gasteiger partial charge in [0.2, 0.25) is 5.91 Å². The highest BCUT2D eigenvalue weighted by molar-refractivity contribution is 5.73. The summed E-state index contributed by atoms with van der Waals surface area (Å²) in [7, 11) is 0. The van der Waals surface area contributed by atoms with Crippen LogP contribution in [0.4, 0.5) is 5.82 Å². The van der Waals surface area contributed by atoms with E-state index in [1.54, 1.807) is 6.92 Å². The maximum absolute atomic E-state index is 11.5. The SMILES string of the molecule is CC(=O)N1CCCC(c2cnc(N3CCC(O)CC3)cn2)C1. The van der Waals surface area contributed by atoms with E-state index in [4.69, 9.17) is 0 Å². The predicted molar refractivity (Wildman–Crippen MR) is 83.7 cm³/mol. The lowest BCUT2D eigenvalue weighted by Gasteiger charge is -2.32. The highest BCUT2D eigenvalue weighted by Crippen LogP contribution is 2.26. The maximum atomic E-state index is 11.5. The molecule has 0 radical (unpaired) electrons. The zero-order valence-corrected chi connectivity index (χ0v) is 13.1. The Hall–Kier alpha value is -1.69. The number of carbonyl (C=O) groups is 1. The van der Waals surface area contributed by atoms with Crippen LogP contribution in [0.15, 0.2) is 12.4 Å². The topological polar surface area (TPSA) is 69.6 Å². The Kier molecular flexibility index (Phi) is 4.57. The molecule has 3 rings (SSSR count). The van der Waals surface area contributed by atoms with Gasteiger partial charge in [0.05, 0.1) is 24.2 Å². The smallest absolute Gasteiger partial charge is 0.219 e. The van der Waals surface area contributed by atoms with Crippen molar-refractivity contribution in [2.24, 2.45) is 0 Å². The first kappa shape index (κ1) is 15.2. The van der Waals surface area contributed by atoms with Gasteiger partial charge in [0.25, 0.3) is 0 Å². The number of aliphatic hydroxyl groups excluding tert-OH is 1. The quantitative estimate of drug-likeness (QED) is 0.888. The Morgan fingerprint density at radius 1 is 1.18 bits per heavy atom. The third kappa shape index (κ3) is 3.38. The van der Waals surface area contributed by atoms with E-state index in [2.05, 4.69) is 14.9 Å². The minimum absolute atomic E-state index is 0.140. The molecule has 1 aromatic rings. The van der Waals surface area contributed by atoms with Crippen molar-refractivity contribution in [2.45, 2.75) is 44.6 Å². The van der Waals surface area contributed by atoms with Crippen LogP contribution in [0.3, 0.4) is 0 Å². The summed E-state index contributed by atoms with van der Waals surface area (Å²) in [6.45, 7) is 4.89. The third-order valence-corrected chi connectivity index (χ3v) is 4.73. The lowest BCUT2D eigenvalue weighted by atomic mass is 9.95. The molecule has 1 atom stereocenters. The highest BCUT2D eigenvalue weighted by atomic mass is 16.3. The molecule has 1 amide bonds. The molecule has 2 fully saturated rings. The molecule has 6 nitrogen and oxygen atoms in total. The van der Waals surface area contributed by atoms with Crippen LogP contribution in [0, 0.1) is 0 Å². The largest absolute Gasteiger partial charge is 0.393 e. The van der Waals surface area contributed by atoms with E-state index in [0.717, 1.165) is 63.4 Å². The summed E-state index contributed by atoms with van der Waals surface area (Å²) in [5.41, 5.74) is 0.978. The molecule has 1 N–H and O–H groups in total. The summed E-state index contributed by atoms with van der Waals surface area (Å²) >= 11 is 0. The molecule has 0 bridgehead atoms. The fourth-order valence-electron chi connectivity index (χ4n) is 3.30. The fourth-order valence-corrected chi connectivity index (χ4v) is 3.30. The van der Waals surface area contributed by atoms with E-state index in [1.165, 1.54) is 0 Å². The second kappa shape index (κ2) is 6.60. The molecule has 2 aliphatic rings. The van der Waals surface area contributed by atoms with Gasteiger partial charge < -0.3 is 14.9 Å². The Bertz CT molecular complexity index is 511. The van der Waals surface area contributed by atoms with Gasteiger partial charge in [0, 0.05) is 39.0 Å². The first-order valence-electron chi connectivity index (χ1n) is 8.14. The van der Waals surface area contributed by atoms with Gasteiger partial charge in [0.15, 0.2) is 0 Å². The number of hydrogen-bond donors (Lipinski definition) is 1. The Balaban J connectivity index is 1.65. The van der Waals surface area contributed by atoms with Crippen LogP contribution in [0.1, 0.15) is 44.2 Å². The summed E-state index contributed by atoms with van der Waals surface area (Å²) in [6, 6.07) is 0. The molecule has 0 aromatic carbocycles. The van der Waals surface area contributed by atoms with Crippen molar-refractivity contribution in [3.8, 4) is 0 Å². The van der Waals surface area contributed by atoms with E-state index in [9.17, 15) is 9.90 Å². The normalized spacial score (nSPS) is 23.6. The van der Waals surface area contributed by atoms with E-state index in [-0.39, 0.29) is 12.0 Å². The highest BCUT2D eigenvalue weighted by Gasteiger charge is 2.24. The summed E-state index contributed by atoms with van der Waals surface area (Å²) < 4.78 is 0. The Morgan fingerprint density at radius 3 is 2.59 bits per heavy atom. The van der Waals surface area contributed by atoms with Crippen LogP contribution >= 0.6 is 0 Å². The van der Waals surface area contributed by atoms with E-state index in [1.807, 2.05) is 17.3 Å². The minimum atomic E-state index is -0.178. The number of carbonyl (C=O) groups excluding carboxylic acids is 1. The maximum Gasteiger partial charge on any atom is 0.219 e. The molecule has 22 heavy (non-hydrogen) atoms. The number of amides is 1. The van der Waals surface area contributed by atoms with Gasteiger partial charge in [-0.15, -0.1) is 0 Å². The second-order valence-corrected chi connectivity index (χ2v) is 6.32. The number of aliphatic hydroxyl groups is 1. The molecule has 2 saturated heterocycles. The van der Waals surface area contributed by atoms with Gasteiger partial charge in [-0.3, -0.25) is 9.78 Å². The van der Waals surface area contributed by atoms with Gasteiger partial charge in [-0.1, -0.05) is 0 Å². The number of rotatable bonds is 2.